The highest BCUT2D eigenvalue weighted by Gasteiger charge is 2.37. The fourth-order valence-corrected chi connectivity index (χ4v) is 5.76. The Labute approximate surface area is 228 Å². The van der Waals surface area contributed by atoms with E-state index in [1.165, 1.54) is 0 Å². The summed E-state index contributed by atoms with van der Waals surface area (Å²) in [7, 11) is 1.73. The number of aryl methyl sites for hydroxylation is 1. The lowest BCUT2D eigenvalue weighted by Gasteiger charge is -2.50. The average Bonchev–Trinajstić information content (AvgIpc) is 3.43. The number of likely N-dealkylation sites (tertiary alicyclic amines) is 1. The highest BCUT2D eigenvalue weighted by atomic mass is 35.5. The van der Waals surface area contributed by atoms with Crippen molar-refractivity contribution in [3.8, 4) is 11.6 Å². The third-order valence-corrected chi connectivity index (χ3v) is 7.97. The molecule has 2 aliphatic heterocycles. The van der Waals surface area contributed by atoms with Crippen LogP contribution in [0.25, 0.3) is 11.6 Å². The van der Waals surface area contributed by atoms with Gasteiger partial charge in [0.25, 0.3) is 11.8 Å². The number of anilines is 2. The first-order valence-electron chi connectivity index (χ1n) is 13.3. The lowest BCUT2D eigenvalue weighted by Crippen LogP contribution is -2.62. The van der Waals surface area contributed by atoms with Crippen LogP contribution in [0.15, 0.2) is 34.9 Å². The van der Waals surface area contributed by atoms with Gasteiger partial charge in [0.15, 0.2) is 0 Å². The molecule has 1 N–H and O–H groups in total. The Hall–Kier alpha value is -3.24. The Kier molecular flexibility index (Phi) is 7.80. The quantitative estimate of drug-likeness (QED) is 0.496. The Balaban J connectivity index is 1.24. The third kappa shape index (κ3) is 5.33. The number of piperidine rings is 1. The number of nitrogens with zero attached hydrogens (tertiary/aromatic N) is 7. The van der Waals surface area contributed by atoms with E-state index in [2.05, 4.69) is 39.2 Å². The number of carbonyl (C=O) groups excluding carboxylic acids is 1. The number of benzene rings is 1. The number of rotatable bonds is 6. The summed E-state index contributed by atoms with van der Waals surface area (Å²) in [5.74, 6) is 1.34. The van der Waals surface area contributed by atoms with Crippen molar-refractivity contribution in [3.05, 3.63) is 46.7 Å². The van der Waals surface area contributed by atoms with E-state index in [0.717, 1.165) is 57.0 Å². The van der Waals surface area contributed by atoms with Crippen molar-refractivity contribution in [2.75, 3.05) is 43.4 Å². The van der Waals surface area contributed by atoms with Crippen LogP contribution in [0.5, 0.6) is 0 Å². The first-order chi connectivity index (χ1) is 18.4. The second-order valence-corrected chi connectivity index (χ2v) is 10.6. The maximum absolute atomic E-state index is 13.0. The fraction of sp³-hybridized carbons (Fsp3) is 0.519. The Morgan fingerprint density at radius 2 is 1.89 bits per heavy atom. The molecule has 10 nitrogen and oxygen atoms in total. The first-order valence-corrected chi connectivity index (χ1v) is 13.7. The van der Waals surface area contributed by atoms with E-state index in [1.54, 1.807) is 25.4 Å². The van der Waals surface area contributed by atoms with E-state index < -0.39 is 0 Å². The summed E-state index contributed by atoms with van der Waals surface area (Å²) in [5.41, 5.74) is 2.11. The second kappa shape index (κ2) is 11.2. The number of aromatic nitrogens is 4. The molecule has 3 aromatic rings. The second-order valence-electron chi connectivity index (χ2n) is 10.1. The molecule has 0 bridgehead atoms. The van der Waals surface area contributed by atoms with E-state index in [1.807, 2.05) is 24.0 Å². The summed E-state index contributed by atoms with van der Waals surface area (Å²) in [6.45, 7) is 9.87. The first kappa shape index (κ1) is 26.4. The van der Waals surface area contributed by atoms with Gasteiger partial charge >= 0.3 is 6.01 Å². The van der Waals surface area contributed by atoms with Crippen LogP contribution in [-0.2, 0) is 0 Å². The molecule has 0 aliphatic carbocycles. The van der Waals surface area contributed by atoms with Crippen LogP contribution in [-0.4, -0.2) is 87.2 Å². The van der Waals surface area contributed by atoms with Gasteiger partial charge in [0.2, 0.25) is 0 Å². The van der Waals surface area contributed by atoms with Gasteiger partial charge in [-0.2, -0.15) is 0 Å². The number of hydrogen-bond acceptors (Lipinski definition) is 9. The highest BCUT2D eigenvalue weighted by molar-refractivity contribution is 6.30. The van der Waals surface area contributed by atoms with E-state index in [-0.39, 0.29) is 11.9 Å². The van der Waals surface area contributed by atoms with Gasteiger partial charge in [-0.15, -0.1) is 5.10 Å². The molecule has 202 valence electrons. The average molecular weight is 539 g/mol. The minimum Gasteiger partial charge on any atom is -0.402 e. The van der Waals surface area contributed by atoms with Gasteiger partial charge in [0.05, 0.1) is 11.9 Å². The predicted octanol–water partition coefficient (Wildman–Crippen LogP) is 4.12. The van der Waals surface area contributed by atoms with E-state index >= 15 is 0 Å². The zero-order valence-corrected chi connectivity index (χ0v) is 23.1. The lowest BCUT2D eigenvalue weighted by molar-refractivity contribution is 0.0434. The number of nitrogens with one attached hydrogen (secondary N) is 1. The molecule has 2 fully saturated rings. The van der Waals surface area contributed by atoms with Gasteiger partial charge in [-0.1, -0.05) is 23.6 Å². The van der Waals surface area contributed by atoms with Gasteiger partial charge < -0.3 is 19.5 Å². The molecule has 0 radical (unpaired) electrons. The lowest BCUT2D eigenvalue weighted by atomic mass is 9.96. The van der Waals surface area contributed by atoms with Crippen molar-refractivity contribution in [2.45, 2.75) is 58.2 Å². The topological polar surface area (TPSA) is 104 Å². The van der Waals surface area contributed by atoms with Crippen molar-refractivity contribution < 1.29 is 9.21 Å². The SMILES string of the molecule is CCC1CN(c2ncc(-c3nnc(NC)o3)nc2C)C(C)CN1C1CCN(C(=O)c2ccc(Cl)cc2)CC1. The van der Waals surface area contributed by atoms with Crippen molar-refractivity contribution in [1.82, 2.24) is 30.0 Å². The molecule has 2 aliphatic rings. The third-order valence-electron chi connectivity index (χ3n) is 7.72. The van der Waals surface area contributed by atoms with Crippen LogP contribution in [0.4, 0.5) is 11.8 Å². The van der Waals surface area contributed by atoms with Gasteiger partial charge in [-0.25, -0.2) is 9.97 Å². The zero-order valence-electron chi connectivity index (χ0n) is 22.4. The van der Waals surface area contributed by atoms with Crippen LogP contribution in [0, 0.1) is 6.92 Å². The standard InChI is InChI=1S/C27H35ClN8O2/c1-5-21-16-35(24-18(3)31-23(14-30-24)25-32-33-27(29-4)38-25)17(2)15-36(21)22-10-12-34(13-11-22)26(37)19-6-8-20(28)9-7-19/h6-9,14,17,21-22H,5,10-13,15-16H2,1-4H3,(H,29,33). The highest BCUT2D eigenvalue weighted by Crippen LogP contribution is 2.30. The Morgan fingerprint density at radius 3 is 2.53 bits per heavy atom. The largest absolute Gasteiger partial charge is 0.402 e. The molecule has 2 atom stereocenters. The van der Waals surface area contributed by atoms with Crippen LogP contribution in [0.1, 0.15) is 49.2 Å². The number of piperazine rings is 1. The molecular formula is C27H35ClN8O2. The molecule has 0 spiro atoms. The van der Waals surface area contributed by atoms with Gasteiger partial charge in [-0.05, 0) is 57.4 Å². The van der Waals surface area contributed by atoms with E-state index in [4.69, 9.17) is 26.0 Å². The molecule has 4 heterocycles. The van der Waals surface area contributed by atoms with E-state index in [9.17, 15) is 4.79 Å². The van der Waals surface area contributed by atoms with Gasteiger partial charge in [0, 0.05) is 61.9 Å². The summed E-state index contributed by atoms with van der Waals surface area (Å²) in [6.07, 6.45) is 4.72. The number of halogens is 1. The van der Waals surface area contributed by atoms with Crippen molar-refractivity contribution >= 4 is 29.3 Å². The maximum Gasteiger partial charge on any atom is 0.315 e. The zero-order chi connectivity index (χ0) is 26.8. The minimum absolute atomic E-state index is 0.0885. The van der Waals surface area contributed by atoms with Gasteiger partial charge in [0.1, 0.15) is 11.5 Å². The number of carbonyl (C=O) groups is 1. The normalized spacial score (nSPS) is 21.1. The maximum atomic E-state index is 13.0. The van der Waals surface area contributed by atoms with Crippen LogP contribution in [0.3, 0.4) is 0 Å². The summed E-state index contributed by atoms with van der Waals surface area (Å²) in [4.78, 5) is 29.5. The molecule has 5 rings (SSSR count). The van der Waals surface area contributed by atoms with Gasteiger partial charge in [-0.3, -0.25) is 9.69 Å². The molecule has 0 saturated carbocycles. The molecule has 38 heavy (non-hydrogen) atoms. The molecule has 2 saturated heterocycles. The number of amides is 1. The Bertz CT molecular complexity index is 1260. The van der Waals surface area contributed by atoms with Crippen LogP contribution in [0.2, 0.25) is 5.02 Å². The van der Waals surface area contributed by atoms with Crippen molar-refractivity contribution in [1.29, 1.82) is 0 Å². The van der Waals surface area contributed by atoms with Crippen LogP contribution < -0.4 is 10.2 Å². The fourth-order valence-electron chi connectivity index (χ4n) is 5.63. The molecule has 1 aromatic carbocycles. The smallest absolute Gasteiger partial charge is 0.315 e. The molecule has 2 aromatic heterocycles. The predicted molar refractivity (Wildman–Crippen MR) is 148 cm³/mol. The van der Waals surface area contributed by atoms with Crippen molar-refractivity contribution in [2.24, 2.45) is 0 Å². The monoisotopic (exact) mass is 538 g/mol. The number of hydrogen-bond donors (Lipinski definition) is 1. The van der Waals surface area contributed by atoms with E-state index in [0.29, 0.717) is 40.3 Å². The molecule has 1 amide bonds. The summed E-state index contributed by atoms with van der Waals surface area (Å²) >= 11 is 5.99. The molecule has 2 unspecified atom stereocenters. The minimum atomic E-state index is 0.0885. The van der Waals surface area contributed by atoms with Crippen LogP contribution >= 0.6 is 11.6 Å². The summed E-state index contributed by atoms with van der Waals surface area (Å²) in [5, 5.41) is 11.5. The summed E-state index contributed by atoms with van der Waals surface area (Å²) in [6, 6.07) is 8.67. The molecule has 11 heteroatoms. The Morgan fingerprint density at radius 1 is 1.16 bits per heavy atom. The molecular weight excluding hydrogens is 504 g/mol. The van der Waals surface area contributed by atoms with Crippen molar-refractivity contribution in [3.63, 3.8) is 0 Å². The summed E-state index contributed by atoms with van der Waals surface area (Å²) < 4.78 is 5.56.